The molecule has 1 saturated heterocycles. The van der Waals surface area contributed by atoms with Crippen molar-refractivity contribution in [1.29, 1.82) is 0 Å². The zero-order chi connectivity index (χ0) is 14.0. The third kappa shape index (κ3) is 2.98. The first kappa shape index (κ1) is 14.1. The van der Waals surface area contributed by atoms with Crippen molar-refractivity contribution in [3.05, 3.63) is 35.9 Å². The quantitative estimate of drug-likeness (QED) is 0.905. The van der Waals surface area contributed by atoms with E-state index in [1.165, 1.54) is 5.56 Å². The van der Waals surface area contributed by atoms with E-state index in [-0.39, 0.29) is 11.8 Å². The van der Waals surface area contributed by atoms with Crippen molar-refractivity contribution >= 4 is 5.97 Å². The summed E-state index contributed by atoms with van der Waals surface area (Å²) in [4.78, 5) is 13.6. The van der Waals surface area contributed by atoms with E-state index in [0.29, 0.717) is 18.5 Å². The van der Waals surface area contributed by atoms with Gasteiger partial charge in [0.25, 0.3) is 0 Å². The molecule has 0 saturated carbocycles. The Hall–Kier alpha value is -1.35. The Morgan fingerprint density at radius 1 is 1.26 bits per heavy atom. The first-order chi connectivity index (χ1) is 9.00. The molecule has 0 radical (unpaired) electrons. The fraction of sp³-hybridized carbons (Fsp3) is 0.562. The summed E-state index contributed by atoms with van der Waals surface area (Å²) in [6, 6.07) is 10.7. The van der Waals surface area contributed by atoms with E-state index >= 15 is 0 Å². The van der Waals surface area contributed by atoms with Gasteiger partial charge in [0.15, 0.2) is 0 Å². The molecule has 2 rings (SSSR count). The average molecular weight is 261 g/mol. The maximum atomic E-state index is 11.3. The summed E-state index contributed by atoms with van der Waals surface area (Å²) in [5.74, 6) is -0.194. The number of carbonyl (C=O) groups is 1. The topological polar surface area (TPSA) is 40.5 Å². The van der Waals surface area contributed by atoms with E-state index in [9.17, 15) is 9.90 Å². The lowest BCUT2D eigenvalue weighted by Gasteiger charge is -2.31. The molecule has 104 valence electrons. The van der Waals surface area contributed by atoms with Gasteiger partial charge in [0, 0.05) is 19.1 Å². The molecule has 3 atom stereocenters. The summed E-state index contributed by atoms with van der Waals surface area (Å²) in [7, 11) is 0. The van der Waals surface area contributed by atoms with Gasteiger partial charge in [0.1, 0.15) is 0 Å². The first-order valence-electron chi connectivity index (χ1n) is 7.02. The second-order valence-electron chi connectivity index (χ2n) is 5.98. The fourth-order valence-electron chi connectivity index (χ4n) is 3.22. The molecule has 19 heavy (non-hydrogen) atoms. The van der Waals surface area contributed by atoms with Crippen molar-refractivity contribution in [1.82, 2.24) is 4.90 Å². The Kier molecular flexibility index (Phi) is 4.25. The largest absolute Gasteiger partial charge is 0.481 e. The Bertz CT molecular complexity index is 430. The van der Waals surface area contributed by atoms with Crippen LogP contribution in [0.25, 0.3) is 0 Å². The molecule has 0 aliphatic carbocycles. The van der Waals surface area contributed by atoms with Crippen LogP contribution in [0.2, 0.25) is 0 Å². The highest BCUT2D eigenvalue weighted by Gasteiger charge is 2.38. The van der Waals surface area contributed by atoms with Crippen LogP contribution in [-0.2, 0) is 4.79 Å². The lowest BCUT2D eigenvalue weighted by Crippen LogP contribution is -2.31. The van der Waals surface area contributed by atoms with Crippen LogP contribution in [0, 0.1) is 17.8 Å². The summed E-state index contributed by atoms with van der Waals surface area (Å²) in [6.07, 6.45) is 0. The summed E-state index contributed by atoms with van der Waals surface area (Å²) < 4.78 is 0. The van der Waals surface area contributed by atoms with Crippen molar-refractivity contribution in [3.63, 3.8) is 0 Å². The van der Waals surface area contributed by atoms with Gasteiger partial charge in [-0.1, -0.05) is 51.1 Å². The fourth-order valence-corrected chi connectivity index (χ4v) is 3.22. The number of carboxylic acids is 1. The lowest BCUT2D eigenvalue weighted by atomic mass is 9.94. The highest BCUT2D eigenvalue weighted by molar-refractivity contribution is 5.71. The molecule has 0 spiro atoms. The maximum absolute atomic E-state index is 11.3. The second-order valence-corrected chi connectivity index (χ2v) is 5.98. The normalized spacial score (nSPS) is 25.7. The number of nitrogens with zero attached hydrogens (tertiary/aromatic N) is 1. The molecule has 3 heteroatoms. The Morgan fingerprint density at radius 2 is 1.89 bits per heavy atom. The molecular weight excluding hydrogens is 238 g/mol. The predicted octanol–water partition coefficient (Wildman–Crippen LogP) is 3.04. The van der Waals surface area contributed by atoms with E-state index in [0.717, 1.165) is 6.54 Å². The van der Waals surface area contributed by atoms with Gasteiger partial charge in [0.2, 0.25) is 0 Å². The Labute approximate surface area is 115 Å². The molecule has 1 aromatic rings. The maximum Gasteiger partial charge on any atom is 0.308 e. The molecule has 1 N–H and O–H groups in total. The smallest absolute Gasteiger partial charge is 0.308 e. The highest BCUT2D eigenvalue weighted by atomic mass is 16.4. The minimum Gasteiger partial charge on any atom is -0.481 e. The third-order valence-corrected chi connectivity index (χ3v) is 4.12. The van der Waals surface area contributed by atoms with Crippen LogP contribution < -0.4 is 0 Å². The van der Waals surface area contributed by atoms with Crippen LogP contribution in [0.4, 0.5) is 0 Å². The van der Waals surface area contributed by atoms with Crippen LogP contribution in [-0.4, -0.2) is 29.1 Å². The summed E-state index contributed by atoms with van der Waals surface area (Å²) in [5, 5.41) is 9.27. The molecule has 1 unspecified atom stereocenters. The number of carboxylic acid groups (broad SMARTS) is 1. The predicted molar refractivity (Wildman–Crippen MR) is 75.9 cm³/mol. The third-order valence-electron chi connectivity index (χ3n) is 4.12. The molecule has 1 fully saturated rings. The first-order valence-corrected chi connectivity index (χ1v) is 7.02. The van der Waals surface area contributed by atoms with Gasteiger partial charge in [-0.05, 0) is 17.4 Å². The van der Waals surface area contributed by atoms with Crippen molar-refractivity contribution in [3.8, 4) is 0 Å². The number of hydrogen-bond acceptors (Lipinski definition) is 2. The van der Waals surface area contributed by atoms with Crippen molar-refractivity contribution in [2.75, 3.05) is 13.1 Å². The molecule has 1 aliphatic rings. The van der Waals surface area contributed by atoms with Gasteiger partial charge in [-0.25, -0.2) is 0 Å². The monoisotopic (exact) mass is 261 g/mol. The van der Waals surface area contributed by atoms with Crippen molar-refractivity contribution in [2.24, 2.45) is 17.8 Å². The van der Waals surface area contributed by atoms with Gasteiger partial charge < -0.3 is 5.11 Å². The summed E-state index contributed by atoms with van der Waals surface area (Å²) >= 11 is 0. The van der Waals surface area contributed by atoms with Gasteiger partial charge in [0.05, 0.1) is 5.92 Å². The van der Waals surface area contributed by atoms with Crippen LogP contribution in [0.1, 0.15) is 32.4 Å². The van der Waals surface area contributed by atoms with E-state index in [1.54, 1.807) is 0 Å². The van der Waals surface area contributed by atoms with E-state index in [2.05, 4.69) is 43.0 Å². The van der Waals surface area contributed by atoms with Crippen LogP contribution >= 0.6 is 0 Å². The molecule has 1 aliphatic heterocycles. The zero-order valence-electron chi connectivity index (χ0n) is 11.9. The number of likely N-dealkylation sites (tertiary alicyclic amines) is 1. The summed E-state index contributed by atoms with van der Waals surface area (Å²) in [5.41, 5.74) is 1.29. The molecule has 0 aromatic heterocycles. The standard InChI is InChI=1S/C16H23NO2/c1-11(2)15(13-7-5-4-6-8-13)17-9-12(3)14(10-17)16(18)19/h4-8,11-12,14-15H,9-10H2,1-3H3,(H,18,19)/t12-,14-,15?/m1/s1. The molecule has 1 aromatic carbocycles. The van der Waals surface area contributed by atoms with E-state index in [4.69, 9.17) is 0 Å². The van der Waals surface area contributed by atoms with Crippen molar-refractivity contribution < 1.29 is 9.90 Å². The van der Waals surface area contributed by atoms with E-state index < -0.39 is 5.97 Å². The van der Waals surface area contributed by atoms with Crippen LogP contribution in [0.15, 0.2) is 30.3 Å². The molecule has 1 heterocycles. The van der Waals surface area contributed by atoms with Crippen LogP contribution in [0.3, 0.4) is 0 Å². The van der Waals surface area contributed by atoms with Gasteiger partial charge in [-0.2, -0.15) is 0 Å². The molecule has 3 nitrogen and oxygen atoms in total. The average Bonchev–Trinajstić information content (AvgIpc) is 2.72. The van der Waals surface area contributed by atoms with E-state index in [1.807, 2.05) is 13.0 Å². The number of rotatable bonds is 4. The Balaban J connectivity index is 2.21. The number of benzene rings is 1. The van der Waals surface area contributed by atoms with Gasteiger partial charge >= 0.3 is 5.97 Å². The second kappa shape index (κ2) is 5.74. The SMILES string of the molecule is CC(C)C(c1ccccc1)N1C[C@@H](C)[C@H](C(=O)O)C1. The molecule has 0 bridgehead atoms. The molecule has 0 amide bonds. The molecular formula is C16H23NO2. The van der Waals surface area contributed by atoms with Gasteiger partial charge in [-0.15, -0.1) is 0 Å². The minimum absolute atomic E-state index is 0.225. The highest BCUT2D eigenvalue weighted by Crippen LogP contribution is 2.35. The number of aliphatic carboxylic acids is 1. The van der Waals surface area contributed by atoms with Gasteiger partial charge in [-0.3, -0.25) is 9.69 Å². The Morgan fingerprint density at radius 3 is 2.37 bits per heavy atom. The van der Waals surface area contributed by atoms with Crippen molar-refractivity contribution in [2.45, 2.75) is 26.8 Å². The zero-order valence-corrected chi connectivity index (χ0v) is 11.9. The van der Waals surface area contributed by atoms with Crippen LogP contribution in [0.5, 0.6) is 0 Å². The minimum atomic E-state index is -0.662. The number of hydrogen-bond donors (Lipinski definition) is 1. The summed E-state index contributed by atoms with van der Waals surface area (Å²) in [6.45, 7) is 7.98. The lowest BCUT2D eigenvalue weighted by molar-refractivity contribution is -0.142.